The van der Waals surface area contributed by atoms with Crippen LogP contribution in [0.25, 0.3) is 0 Å². The lowest BCUT2D eigenvalue weighted by Gasteiger charge is -2.09. The molecule has 0 aliphatic heterocycles. The van der Waals surface area contributed by atoms with Crippen LogP contribution in [0.4, 0.5) is 14.5 Å². The number of aliphatic carboxylic acids is 1. The highest BCUT2D eigenvalue weighted by Crippen LogP contribution is 2.12. The summed E-state index contributed by atoms with van der Waals surface area (Å²) < 4.78 is 25.4. The number of anilines is 1. The van der Waals surface area contributed by atoms with Crippen LogP contribution in [0.1, 0.15) is 6.92 Å². The predicted molar refractivity (Wildman–Crippen MR) is 60.1 cm³/mol. The van der Waals surface area contributed by atoms with Crippen molar-refractivity contribution in [3.8, 4) is 0 Å². The summed E-state index contributed by atoms with van der Waals surface area (Å²) in [5.41, 5.74) is 0.101. The van der Waals surface area contributed by atoms with Crippen molar-refractivity contribution >= 4 is 17.6 Å². The fourth-order valence-electron chi connectivity index (χ4n) is 1.11. The predicted octanol–water partition coefficient (Wildman–Crippen LogP) is 0.966. The Morgan fingerprint density at radius 2 is 2.00 bits per heavy atom. The third kappa shape index (κ3) is 4.10. The Morgan fingerprint density at radius 1 is 1.33 bits per heavy atom. The molecule has 7 heteroatoms. The molecule has 0 heterocycles. The van der Waals surface area contributed by atoms with E-state index in [4.69, 9.17) is 5.11 Å². The molecule has 1 rings (SSSR count). The molecule has 1 aromatic rings. The third-order valence-corrected chi connectivity index (χ3v) is 2.14. The summed E-state index contributed by atoms with van der Waals surface area (Å²) in [5, 5.41) is 13.3. The molecule has 1 amide bonds. The van der Waals surface area contributed by atoms with Gasteiger partial charge < -0.3 is 10.4 Å². The van der Waals surface area contributed by atoms with Crippen LogP contribution in [0.2, 0.25) is 0 Å². The summed E-state index contributed by atoms with van der Waals surface area (Å²) in [6.45, 7) is 1.14. The maximum absolute atomic E-state index is 12.8. The maximum atomic E-state index is 12.8. The minimum absolute atomic E-state index is 0.101. The molecule has 0 spiro atoms. The highest BCUT2D eigenvalue weighted by Gasteiger charge is 2.12. The number of hydrogen-bond acceptors (Lipinski definition) is 3. The molecule has 0 fully saturated rings. The fraction of sp³-hybridized carbons (Fsp3) is 0.273. The van der Waals surface area contributed by atoms with E-state index < -0.39 is 29.6 Å². The fourth-order valence-corrected chi connectivity index (χ4v) is 1.11. The van der Waals surface area contributed by atoms with Crippen LogP contribution in [0.3, 0.4) is 0 Å². The van der Waals surface area contributed by atoms with Gasteiger partial charge in [-0.15, -0.1) is 0 Å². The molecule has 18 heavy (non-hydrogen) atoms. The monoisotopic (exact) mass is 258 g/mol. The molecule has 0 bridgehead atoms. The van der Waals surface area contributed by atoms with Gasteiger partial charge in [-0.2, -0.15) is 0 Å². The average molecular weight is 258 g/mol. The molecule has 0 aliphatic rings. The Morgan fingerprint density at radius 3 is 2.56 bits per heavy atom. The summed E-state index contributed by atoms with van der Waals surface area (Å²) in [6, 6.07) is 2.06. The molecule has 0 aromatic heterocycles. The molecular formula is C11H12F2N2O3. The number of halogens is 2. The summed E-state index contributed by atoms with van der Waals surface area (Å²) in [6.07, 6.45) is 0. The number of carboxylic acids is 1. The second kappa shape index (κ2) is 6.06. The zero-order valence-electron chi connectivity index (χ0n) is 9.54. The van der Waals surface area contributed by atoms with Crippen molar-refractivity contribution in [1.29, 1.82) is 0 Å². The van der Waals surface area contributed by atoms with E-state index >= 15 is 0 Å². The van der Waals surface area contributed by atoms with Crippen molar-refractivity contribution in [2.45, 2.75) is 13.0 Å². The van der Waals surface area contributed by atoms with Crippen molar-refractivity contribution in [2.24, 2.45) is 0 Å². The van der Waals surface area contributed by atoms with E-state index in [0.717, 1.165) is 12.1 Å². The van der Waals surface area contributed by atoms with Crippen molar-refractivity contribution in [3.63, 3.8) is 0 Å². The first kappa shape index (κ1) is 14.0. The molecule has 1 aromatic carbocycles. The Kier molecular flexibility index (Phi) is 4.73. The Balaban J connectivity index is 2.49. The Labute approximate surface area is 102 Å². The number of nitrogens with one attached hydrogen (secondary N) is 2. The van der Waals surface area contributed by atoms with E-state index in [2.05, 4.69) is 10.6 Å². The Bertz CT molecular complexity index is 466. The number of hydrogen-bond donors (Lipinski definition) is 3. The first-order valence-corrected chi connectivity index (χ1v) is 5.11. The van der Waals surface area contributed by atoms with Crippen molar-refractivity contribution in [3.05, 3.63) is 29.8 Å². The number of carbonyl (C=O) groups is 2. The molecule has 0 saturated heterocycles. The zero-order valence-corrected chi connectivity index (χ0v) is 9.54. The molecule has 0 saturated carbocycles. The minimum atomic E-state index is -1.09. The van der Waals surface area contributed by atoms with E-state index in [1.807, 2.05) is 0 Å². The van der Waals surface area contributed by atoms with Crippen LogP contribution >= 0.6 is 0 Å². The quantitative estimate of drug-likeness (QED) is 0.735. The first-order chi connectivity index (χ1) is 8.40. The van der Waals surface area contributed by atoms with Crippen LogP contribution < -0.4 is 10.6 Å². The summed E-state index contributed by atoms with van der Waals surface area (Å²) >= 11 is 0. The lowest BCUT2D eigenvalue weighted by molar-refractivity contribution is -0.139. The second-order valence-electron chi connectivity index (χ2n) is 3.62. The lowest BCUT2D eigenvalue weighted by atomic mass is 10.3. The van der Waals surface area contributed by atoms with E-state index in [1.54, 1.807) is 0 Å². The molecule has 0 aliphatic carbocycles. The average Bonchev–Trinajstić information content (AvgIpc) is 2.30. The van der Waals surface area contributed by atoms with E-state index in [9.17, 15) is 18.4 Å². The van der Waals surface area contributed by atoms with Crippen LogP contribution in [-0.4, -0.2) is 29.6 Å². The molecule has 5 nitrogen and oxygen atoms in total. The molecule has 3 N–H and O–H groups in total. The maximum Gasteiger partial charge on any atom is 0.320 e. The third-order valence-electron chi connectivity index (χ3n) is 2.14. The van der Waals surface area contributed by atoms with Crippen molar-refractivity contribution < 1.29 is 23.5 Å². The van der Waals surface area contributed by atoms with Gasteiger partial charge in [0.15, 0.2) is 11.6 Å². The number of carbonyl (C=O) groups excluding carboxylic acids is 1. The van der Waals surface area contributed by atoms with Crippen LogP contribution in [0, 0.1) is 11.6 Å². The number of rotatable bonds is 5. The van der Waals surface area contributed by atoms with E-state index in [1.165, 1.54) is 13.0 Å². The molecule has 0 unspecified atom stereocenters. The van der Waals surface area contributed by atoms with Gasteiger partial charge >= 0.3 is 5.97 Å². The van der Waals surface area contributed by atoms with Gasteiger partial charge in [-0.05, 0) is 19.1 Å². The minimum Gasteiger partial charge on any atom is -0.480 e. The topological polar surface area (TPSA) is 78.4 Å². The summed E-state index contributed by atoms with van der Waals surface area (Å²) in [7, 11) is 0. The van der Waals surface area contributed by atoms with Gasteiger partial charge in [0.2, 0.25) is 5.91 Å². The van der Waals surface area contributed by atoms with Gasteiger partial charge in [-0.1, -0.05) is 0 Å². The van der Waals surface area contributed by atoms with Crippen molar-refractivity contribution in [1.82, 2.24) is 5.32 Å². The smallest absolute Gasteiger partial charge is 0.320 e. The second-order valence-corrected chi connectivity index (χ2v) is 3.62. The Hall–Kier alpha value is -2.02. The van der Waals surface area contributed by atoms with Crippen LogP contribution in [-0.2, 0) is 9.59 Å². The summed E-state index contributed by atoms with van der Waals surface area (Å²) in [4.78, 5) is 21.8. The summed E-state index contributed by atoms with van der Waals surface area (Å²) in [5.74, 6) is -3.71. The van der Waals surface area contributed by atoms with Crippen LogP contribution in [0.15, 0.2) is 18.2 Å². The zero-order chi connectivity index (χ0) is 13.7. The lowest BCUT2D eigenvalue weighted by Crippen LogP contribution is -2.39. The molecule has 1 atom stereocenters. The van der Waals surface area contributed by atoms with Gasteiger partial charge in [0.05, 0.1) is 6.54 Å². The SMILES string of the molecule is C[C@@H](NCC(=O)Nc1ccc(F)c(F)c1)C(=O)O. The standard InChI is InChI=1S/C11H12F2N2O3/c1-6(11(17)18)14-5-10(16)15-7-2-3-8(12)9(13)4-7/h2-4,6,14H,5H2,1H3,(H,15,16)(H,17,18)/t6-/m1/s1. The number of carboxylic acid groups (broad SMARTS) is 1. The highest BCUT2D eigenvalue weighted by molar-refractivity contribution is 5.92. The van der Waals surface area contributed by atoms with Gasteiger partial charge in [0.25, 0.3) is 0 Å². The van der Waals surface area contributed by atoms with E-state index in [0.29, 0.717) is 0 Å². The highest BCUT2D eigenvalue weighted by atomic mass is 19.2. The van der Waals surface area contributed by atoms with Gasteiger partial charge in [-0.25, -0.2) is 8.78 Å². The largest absolute Gasteiger partial charge is 0.480 e. The van der Waals surface area contributed by atoms with Gasteiger partial charge in [0, 0.05) is 11.8 Å². The number of amides is 1. The van der Waals surface area contributed by atoms with Crippen LogP contribution in [0.5, 0.6) is 0 Å². The van der Waals surface area contributed by atoms with Gasteiger partial charge in [-0.3, -0.25) is 14.9 Å². The van der Waals surface area contributed by atoms with E-state index in [-0.39, 0.29) is 12.2 Å². The molecule has 98 valence electrons. The molecule has 0 radical (unpaired) electrons. The number of benzene rings is 1. The van der Waals surface area contributed by atoms with Gasteiger partial charge in [0.1, 0.15) is 6.04 Å². The normalized spacial score (nSPS) is 11.9. The first-order valence-electron chi connectivity index (χ1n) is 5.11. The molecular weight excluding hydrogens is 246 g/mol. The van der Waals surface area contributed by atoms with Crippen molar-refractivity contribution in [2.75, 3.05) is 11.9 Å².